The van der Waals surface area contributed by atoms with Gasteiger partial charge in [0.2, 0.25) is 5.78 Å². The zero-order chi connectivity index (χ0) is 13.3. The Balaban J connectivity index is 2.30. The minimum Gasteiger partial charge on any atom is -0.326 e. The van der Waals surface area contributed by atoms with E-state index in [1.165, 1.54) is 0 Å². The summed E-state index contributed by atoms with van der Waals surface area (Å²) in [6.45, 7) is 6.20. The largest absolute Gasteiger partial charge is 0.326 e. The molecule has 1 aromatic carbocycles. The molecule has 0 spiro atoms. The van der Waals surface area contributed by atoms with Crippen molar-refractivity contribution in [1.29, 1.82) is 0 Å². The molecule has 1 amide bonds. The van der Waals surface area contributed by atoms with Crippen molar-refractivity contribution in [1.82, 2.24) is 4.90 Å². The molecule has 0 unspecified atom stereocenters. The van der Waals surface area contributed by atoms with Gasteiger partial charge in [-0.05, 0) is 32.4 Å². The molecule has 1 heterocycles. The third kappa shape index (κ3) is 2.35. The quantitative estimate of drug-likeness (QED) is 0.560. The van der Waals surface area contributed by atoms with E-state index >= 15 is 0 Å². The van der Waals surface area contributed by atoms with Gasteiger partial charge in [-0.1, -0.05) is 30.3 Å². The molecule has 18 heavy (non-hydrogen) atoms. The van der Waals surface area contributed by atoms with Gasteiger partial charge in [-0.3, -0.25) is 9.59 Å². The maximum absolute atomic E-state index is 11.9. The summed E-state index contributed by atoms with van der Waals surface area (Å²) in [5.74, 6) is -0.779. The molecule has 1 aromatic rings. The minimum absolute atomic E-state index is 0.320. The predicted molar refractivity (Wildman–Crippen MR) is 70.9 cm³/mol. The van der Waals surface area contributed by atoms with Crippen LogP contribution in [0.1, 0.15) is 26.3 Å². The molecule has 1 saturated heterocycles. The van der Waals surface area contributed by atoms with Crippen molar-refractivity contribution in [3.05, 3.63) is 41.5 Å². The molecular formula is C15H17NO2. The number of carbonyl (C=O) groups is 2. The van der Waals surface area contributed by atoms with Crippen LogP contribution in [0, 0.1) is 0 Å². The van der Waals surface area contributed by atoms with E-state index in [9.17, 15) is 9.59 Å². The zero-order valence-corrected chi connectivity index (χ0v) is 10.9. The number of hydrogen-bond donors (Lipinski definition) is 0. The first-order valence-electron chi connectivity index (χ1n) is 6.01. The number of nitrogens with zero attached hydrogens (tertiary/aromatic N) is 1. The summed E-state index contributed by atoms with van der Waals surface area (Å²) in [6.07, 6.45) is 1.80. The van der Waals surface area contributed by atoms with Crippen LogP contribution in [0.2, 0.25) is 0 Å². The van der Waals surface area contributed by atoms with E-state index in [0.717, 1.165) is 5.56 Å². The molecular weight excluding hydrogens is 226 g/mol. The normalized spacial score (nSPS) is 18.8. The van der Waals surface area contributed by atoms with Gasteiger partial charge < -0.3 is 4.90 Å². The first kappa shape index (κ1) is 12.6. The van der Waals surface area contributed by atoms with E-state index in [4.69, 9.17) is 0 Å². The van der Waals surface area contributed by atoms with Gasteiger partial charge in [0, 0.05) is 11.1 Å². The number of hydrogen-bond acceptors (Lipinski definition) is 2. The SMILES string of the molecule is CC(C)(C)N1C/C(=C\c2ccccc2)C(=O)C1=O. The highest BCUT2D eigenvalue weighted by molar-refractivity contribution is 6.46. The van der Waals surface area contributed by atoms with Crippen molar-refractivity contribution in [2.24, 2.45) is 0 Å². The number of benzene rings is 1. The van der Waals surface area contributed by atoms with Gasteiger partial charge in [0.25, 0.3) is 5.91 Å². The number of ketones is 1. The molecule has 1 aliphatic rings. The molecule has 0 atom stereocenters. The Morgan fingerprint density at radius 3 is 2.22 bits per heavy atom. The highest BCUT2D eigenvalue weighted by atomic mass is 16.2. The van der Waals surface area contributed by atoms with Gasteiger partial charge in [0.1, 0.15) is 0 Å². The van der Waals surface area contributed by atoms with Gasteiger partial charge in [0.05, 0.1) is 6.54 Å². The van der Waals surface area contributed by atoms with Crippen LogP contribution in [0.4, 0.5) is 0 Å². The van der Waals surface area contributed by atoms with Crippen LogP contribution >= 0.6 is 0 Å². The lowest BCUT2D eigenvalue weighted by Crippen LogP contribution is -2.43. The Bertz CT molecular complexity index is 509. The zero-order valence-electron chi connectivity index (χ0n) is 10.9. The lowest BCUT2D eigenvalue weighted by atomic mass is 10.1. The van der Waals surface area contributed by atoms with E-state index in [0.29, 0.717) is 12.1 Å². The maximum atomic E-state index is 11.9. The van der Waals surface area contributed by atoms with Gasteiger partial charge in [0.15, 0.2) is 0 Å². The van der Waals surface area contributed by atoms with Crippen LogP contribution in [0.3, 0.4) is 0 Å². The molecule has 3 nitrogen and oxygen atoms in total. The van der Waals surface area contributed by atoms with Crippen LogP contribution in [0.5, 0.6) is 0 Å². The Kier molecular flexibility index (Phi) is 3.07. The highest BCUT2D eigenvalue weighted by Gasteiger charge is 2.39. The monoisotopic (exact) mass is 243 g/mol. The van der Waals surface area contributed by atoms with Gasteiger partial charge in [-0.2, -0.15) is 0 Å². The standard InChI is InChI=1S/C15H17NO2/c1-15(2,3)16-10-12(13(17)14(16)18)9-11-7-5-4-6-8-11/h4-9H,10H2,1-3H3/b12-9+. The van der Waals surface area contributed by atoms with E-state index in [-0.39, 0.29) is 11.3 Å². The lowest BCUT2D eigenvalue weighted by molar-refractivity contribution is -0.141. The molecule has 2 rings (SSSR count). The fraction of sp³-hybridized carbons (Fsp3) is 0.333. The fourth-order valence-corrected chi connectivity index (χ4v) is 1.98. The molecule has 0 saturated carbocycles. The second-order valence-electron chi connectivity index (χ2n) is 5.47. The van der Waals surface area contributed by atoms with Crippen molar-refractivity contribution in [2.75, 3.05) is 6.54 Å². The summed E-state index contributed by atoms with van der Waals surface area (Å²) in [6, 6.07) is 9.59. The topological polar surface area (TPSA) is 37.4 Å². The van der Waals surface area contributed by atoms with Crippen LogP contribution in [0.25, 0.3) is 6.08 Å². The molecule has 0 aromatic heterocycles. The van der Waals surface area contributed by atoms with Crippen LogP contribution in [0.15, 0.2) is 35.9 Å². The minimum atomic E-state index is -0.398. The summed E-state index contributed by atoms with van der Waals surface area (Å²) in [4.78, 5) is 25.4. The Hall–Kier alpha value is -1.90. The second kappa shape index (κ2) is 4.41. The molecule has 94 valence electrons. The van der Waals surface area contributed by atoms with Gasteiger partial charge in [-0.15, -0.1) is 0 Å². The Morgan fingerprint density at radius 2 is 1.72 bits per heavy atom. The molecule has 1 aliphatic heterocycles. The Morgan fingerprint density at radius 1 is 1.11 bits per heavy atom. The predicted octanol–water partition coefficient (Wildman–Crippen LogP) is 2.28. The van der Waals surface area contributed by atoms with Gasteiger partial charge in [-0.25, -0.2) is 0 Å². The first-order chi connectivity index (χ1) is 8.39. The third-order valence-electron chi connectivity index (χ3n) is 3.01. The number of amides is 1. The summed E-state index contributed by atoms with van der Waals surface area (Å²) in [7, 11) is 0. The summed E-state index contributed by atoms with van der Waals surface area (Å²) >= 11 is 0. The van der Waals surface area contributed by atoms with Crippen molar-refractivity contribution in [3.63, 3.8) is 0 Å². The number of rotatable bonds is 1. The molecule has 0 bridgehead atoms. The molecule has 0 aliphatic carbocycles. The number of carbonyl (C=O) groups excluding carboxylic acids is 2. The molecule has 0 radical (unpaired) electrons. The van der Waals surface area contributed by atoms with Crippen LogP contribution < -0.4 is 0 Å². The average molecular weight is 243 g/mol. The van der Waals surface area contributed by atoms with Crippen molar-refractivity contribution in [3.8, 4) is 0 Å². The maximum Gasteiger partial charge on any atom is 0.295 e. The fourth-order valence-electron chi connectivity index (χ4n) is 1.98. The number of likely N-dealkylation sites (tertiary alicyclic amines) is 1. The summed E-state index contributed by atoms with van der Waals surface area (Å²) < 4.78 is 0. The van der Waals surface area contributed by atoms with Crippen LogP contribution in [-0.4, -0.2) is 28.7 Å². The second-order valence-corrected chi connectivity index (χ2v) is 5.47. The van der Waals surface area contributed by atoms with Crippen LogP contribution in [-0.2, 0) is 9.59 Å². The van der Waals surface area contributed by atoms with E-state index in [1.54, 1.807) is 11.0 Å². The molecule has 3 heteroatoms. The van der Waals surface area contributed by atoms with Crippen molar-refractivity contribution in [2.45, 2.75) is 26.3 Å². The first-order valence-corrected chi connectivity index (χ1v) is 6.01. The smallest absolute Gasteiger partial charge is 0.295 e. The van der Waals surface area contributed by atoms with Gasteiger partial charge >= 0.3 is 0 Å². The third-order valence-corrected chi connectivity index (χ3v) is 3.01. The summed E-state index contributed by atoms with van der Waals surface area (Å²) in [5.41, 5.74) is 1.20. The Labute approximate surface area is 107 Å². The average Bonchev–Trinajstić information content (AvgIpc) is 2.58. The van der Waals surface area contributed by atoms with E-state index in [1.807, 2.05) is 51.1 Å². The lowest BCUT2D eigenvalue weighted by Gasteiger charge is -2.30. The summed E-state index contributed by atoms with van der Waals surface area (Å²) in [5, 5.41) is 0. The highest BCUT2D eigenvalue weighted by Crippen LogP contribution is 2.24. The van der Waals surface area contributed by atoms with Crippen molar-refractivity contribution >= 4 is 17.8 Å². The number of Topliss-reactive ketones (excluding diaryl/α,β-unsaturated/α-hetero) is 1. The van der Waals surface area contributed by atoms with Crippen molar-refractivity contribution < 1.29 is 9.59 Å². The molecule has 0 N–H and O–H groups in total. The van der Waals surface area contributed by atoms with E-state index in [2.05, 4.69) is 0 Å². The van der Waals surface area contributed by atoms with E-state index < -0.39 is 5.91 Å². The molecule has 1 fully saturated rings.